The molecule has 0 N–H and O–H groups in total. The lowest BCUT2D eigenvalue weighted by Gasteiger charge is -2.22. The summed E-state index contributed by atoms with van der Waals surface area (Å²) < 4.78 is 2.40. The Morgan fingerprint density at radius 3 is 2.10 bits per heavy atom. The van der Waals surface area contributed by atoms with Crippen molar-refractivity contribution in [3.05, 3.63) is 102 Å². The highest BCUT2D eigenvalue weighted by molar-refractivity contribution is 6.02. The van der Waals surface area contributed by atoms with E-state index in [0.29, 0.717) is 0 Å². The largest absolute Gasteiger partial charge is 0.344 e. The first-order chi connectivity index (χ1) is 14.2. The highest BCUT2D eigenvalue weighted by Gasteiger charge is 2.15. The molecule has 4 aromatic carbocycles. The number of para-hydroxylation sites is 2. The summed E-state index contributed by atoms with van der Waals surface area (Å²) in [6, 6.07) is 32.4. The van der Waals surface area contributed by atoms with Crippen LogP contribution in [-0.4, -0.2) is 11.6 Å². The second kappa shape index (κ2) is 6.82. The maximum Gasteiger partial charge on any atom is 0.0537 e. The van der Waals surface area contributed by atoms with Crippen LogP contribution in [-0.2, 0) is 0 Å². The van der Waals surface area contributed by atoms with E-state index in [0.717, 1.165) is 0 Å². The van der Waals surface area contributed by atoms with Crippen molar-refractivity contribution in [2.75, 3.05) is 11.9 Å². The molecule has 5 aromatic rings. The van der Waals surface area contributed by atoms with Gasteiger partial charge in [-0.1, -0.05) is 60.7 Å². The van der Waals surface area contributed by atoms with Gasteiger partial charge in [-0.25, -0.2) is 0 Å². The van der Waals surface area contributed by atoms with Crippen LogP contribution in [0, 0.1) is 13.8 Å². The zero-order valence-electron chi connectivity index (χ0n) is 17.1. The Morgan fingerprint density at radius 2 is 1.28 bits per heavy atom. The Hall–Kier alpha value is -3.52. The fourth-order valence-electron chi connectivity index (χ4n) is 4.39. The molecule has 0 saturated carbocycles. The van der Waals surface area contributed by atoms with Crippen molar-refractivity contribution in [3.8, 4) is 5.69 Å². The second-order valence-electron chi connectivity index (χ2n) is 7.61. The van der Waals surface area contributed by atoms with Crippen LogP contribution in [0.4, 0.5) is 11.4 Å². The number of aromatic nitrogens is 1. The summed E-state index contributed by atoms with van der Waals surface area (Å²) in [4.78, 5) is 2.26. The number of anilines is 2. The van der Waals surface area contributed by atoms with E-state index in [4.69, 9.17) is 0 Å². The summed E-state index contributed by atoms with van der Waals surface area (Å²) in [5.41, 5.74) is 7.52. The molecule has 0 bridgehead atoms. The van der Waals surface area contributed by atoms with Crippen molar-refractivity contribution in [1.82, 2.24) is 4.57 Å². The number of aryl methyl sites for hydroxylation is 1. The normalized spacial score (nSPS) is 11.3. The van der Waals surface area contributed by atoms with E-state index in [1.54, 1.807) is 0 Å². The van der Waals surface area contributed by atoms with Gasteiger partial charge in [0.1, 0.15) is 0 Å². The summed E-state index contributed by atoms with van der Waals surface area (Å²) in [6.45, 7) is 4.43. The highest BCUT2D eigenvalue weighted by atomic mass is 15.1. The SMILES string of the molecule is Cc1c(C)n(-c2cccc3c(N(C)c4ccccc4)cccc23)c2ccccc12. The molecule has 0 saturated heterocycles. The second-order valence-corrected chi connectivity index (χ2v) is 7.61. The van der Waals surface area contributed by atoms with Crippen LogP contribution in [0.3, 0.4) is 0 Å². The van der Waals surface area contributed by atoms with Crippen LogP contribution in [0.1, 0.15) is 11.3 Å². The molecule has 5 rings (SSSR count). The van der Waals surface area contributed by atoms with Gasteiger partial charge in [0.05, 0.1) is 11.2 Å². The number of fused-ring (bicyclic) bond motifs is 2. The fraction of sp³-hybridized carbons (Fsp3) is 0.111. The Bertz CT molecular complexity index is 1330. The Balaban J connectivity index is 1.78. The van der Waals surface area contributed by atoms with E-state index in [1.807, 2.05) is 0 Å². The van der Waals surface area contributed by atoms with Gasteiger partial charge in [-0.2, -0.15) is 0 Å². The average Bonchev–Trinajstić information content (AvgIpc) is 3.03. The molecule has 1 heterocycles. The lowest BCUT2D eigenvalue weighted by Crippen LogP contribution is -2.10. The zero-order chi connectivity index (χ0) is 20.0. The number of benzene rings is 4. The summed E-state index contributed by atoms with van der Waals surface area (Å²) >= 11 is 0. The first-order valence-electron chi connectivity index (χ1n) is 10.0. The van der Waals surface area contributed by atoms with Gasteiger partial charge in [-0.05, 0) is 49.7 Å². The highest BCUT2D eigenvalue weighted by Crippen LogP contribution is 2.36. The lowest BCUT2D eigenvalue weighted by atomic mass is 10.1. The van der Waals surface area contributed by atoms with Gasteiger partial charge >= 0.3 is 0 Å². The molecule has 2 heteroatoms. The van der Waals surface area contributed by atoms with E-state index in [1.165, 1.54) is 50.0 Å². The third-order valence-electron chi connectivity index (χ3n) is 6.05. The van der Waals surface area contributed by atoms with Crippen molar-refractivity contribution in [3.63, 3.8) is 0 Å². The van der Waals surface area contributed by atoms with Gasteiger partial charge < -0.3 is 9.47 Å². The van der Waals surface area contributed by atoms with Crippen molar-refractivity contribution >= 4 is 33.1 Å². The quantitative estimate of drug-likeness (QED) is 0.324. The van der Waals surface area contributed by atoms with Crippen molar-refractivity contribution in [1.29, 1.82) is 0 Å². The molecular weight excluding hydrogens is 352 g/mol. The third kappa shape index (κ3) is 2.72. The maximum atomic E-state index is 2.40. The zero-order valence-corrected chi connectivity index (χ0v) is 17.1. The predicted molar refractivity (Wildman–Crippen MR) is 125 cm³/mol. The maximum absolute atomic E-state index is 2.40. The van der Waals surface area contributed by atoms with E-state index in [2.05, 4.69) is 121 Å². The molecule has 0 aliphatic carbocycles. The summed E-state index contributed by atoms with van der Waals surface area (Å²) in [5.74, 6) is 0. The topological polar surface area (TPSA) is 8.17 Å². The van der Waals surface area contributed by atoms with Crippen molar-refractivity contribution in [2.24, 2.45) is 0 Å². The smallest absolute Gasteiger partial charge is 0.0537 e. The monoisotopic (exact) mass is 376 g/mol. The van der Waals surface area contributed by atoms with Gasteiger partial charge in [0, 0.05) is 40.3 Å². The summed E-state index contributed by atoms with van der Waals surface area (Å²) in [5, 5.41) is 3.84. The Labute approximate surface area is 171 Å². The van der Waals surface area contributed by atoms with Crippen LogP contribution < -0.4 is 4.90 Å². The first kappa shape index (κ1) is 17.6. The van der Waals surface area contributed by atoms with Gasteiger partial charge in [-0.3, -0.25) is 0 Å². The molecule has 0 aliphatic heterocycles. The van der Waals surface area contributed by atoms with Crippen LogP contribution in [0.5, 0.6) is 0 Å². The molecule has 0 fully saturated rings. The van der Waals surface area contributed by atoms with Crippen LogP contribution in [0.25, 0.3) is 27.4 Å². The summed E-state index contributed by atoms with van der Waals surface area (Å²) in [6.07, 6.45) is 0. The molecule has 29 heavy (non-hydrogen) atoms. The van der Waals surface area contributed by atoms with Crippen LogP contribution in [0.15, 0.2) is 91.0 Å². The summed E-state index contributed by atoms with van der Waals surface area (Å²) in [7, 11) is 2.14. The Kier molecular flexibility index (Phi) is 4.13. The molecule has 142 valence electrons. The molecule has 2 nitrogen and oxygen atoms in total. The standard InChI is InChI=1S/C27H24N2/c1-19-20(2)29(26-16-8-7-13-22(19)26)27-18-10-14-23-24(27)15-9-17-25(23)28(3)21-11-5-4-6-12-21/h4-18H,1-3H3. The number of hydrogen-bond donors (Lipinski definition) is 0. The first-order valence-corrected chi connectivity index (χ1v) is 10.0. The molecule has 0 atom stereocenters. The van der Waals surface area contributed by atoms with Crippen molar-refractivity contribution < 1.29 is 0 Å². The number of nitrogens with zero attached hydrogens (tertiary/aromatic N) is 2. The fourth-order valence-corrected chi connectivity index (χ4v) is 4.39. The van der Waals surface area contributed by atoms with E-state index >= 15 is 0 Å². The minimum atomic E-state index is 1.18. The number of rotatable bonds is 3. The Morgan fingerprint density at radius 1 is 0.621 bits per heavy atom. The van der Waals surface area contributed by atoms with Gasteiger partial charge in [0.25, 0.3) is 0 Å². The minimum Gasteiger partial charge on any atom is -0.344 e. The molecular formula is C27H24N2. The van der Waals surface area contributed by atoms with Gasteiger partial charge in [0.2, 0.25) is 0 Å². The van der Waals surface area contributed by atoms with E-state index in [-0.39, 0.29) is 0 Å². The van der Waals surface area contributed by atoms with Crippen LogP contribution >= 0.6 is 0 Å². The van der Waals surface area contributed by atoms with Gasteiger partial charge in [0.15, 0.2) is 0 Å². The van der Waals surface area contributed by atoms with E-state index in [9.17, 15) is 0 Å². The van der Waals surface area contributed by atoms with Crippen molar-refractivity contribution in [2.45, 2.75) is 13.8 Å². The molecule has 0 amide bonds. The predicted octanol–water partition coefficient (Wildman–Crippen LogP) is 7.17. The molecule has 1 aromatic heterocycles. The molecule has 0 unspecified atom stereocenters. The molecule has 0 radical (unpaired) electrons. The lowest BCUT2D eigenvalue weighted by molar-refractivity contribution is 1.05. The molecule has 0 spiro atoms. The average molecular weight is 377 g/mol. The number of hydrogen-bond acceptors (Lipinski definition) is 1. The molecule has 0 aliphatic rings. The van der Waals surface area contributed by atoms with Crippen LogP contribution in [0.2, 0.25) is 0 Å². The van der Waals surface area contributed by atoms with Gasteiger partial charge in [-0.15, -0.1) is 0 Å². The van der Waals surface area contributed by atoms with E-state index < -0.39 is 0 Å². The third-order valence-corrected chi connectivity index (χ3v) is 6.05. The minimum absolute atomic E-state index is 1.18.